The molecule has 2 aromatic rings. The molecule has 212 valence electrons. The van der Waals surface area contributed by atoms with Crippen molar-refractivity contribution in [2.75, 3.05) is 9.21 Å². The van der Waals surface area contributed by atoms with E-state index in [1.807, 2.05) is 42.5 Å². The van der Waals surface area contributed by atoms with Gasteiger partial charge < -0.3 is 9.45 Å². The van der Waals surface area contributed by atoms with Gasteiger partial charge in [0.25, 0.3) is 0 Å². The Morgan fingerprint density at radius 1 is 0.641 bits per heavy atom. The van der Waals surface area contributed by atoms with E-state index in [2.05, 4.69) is 11.8 Å². The zero-order chi connectivity index (χ0) is 27.1. The molecule has 2 aromatic carbocycles. The van der Waals surface area contributed by atoms with Gasteiger partial charge >= 0.3 is 29.6 Å². The molecule has 0 saturated heterocycles. The van der Waals surface area contributed by atoms with Crippen molar-refractivity contribution >= 4 is 21.7 Å². The summed E-state index contributed by atoms with van der Waals surface area (Å²) in [6.45, 7) is 2.85. The quantitative estimate of drug-likeness (QED) is 0.113. The maximum absolute atomic E-state index is 12.3. The van der Waals surface area contributed by atoms with Crippen LogP contribution in [0, 0.1) is 0 Å². The second kappa shape index (κ2) is 19.1. The smallest absolute Gasteiger partial charge is 0.731 e. The standard InChI is InChI=1S/C32H50N2O3S.Na/c1-2-3-4-5-6-7-8-9-10-11-12-13-14-15-16-20-27-32-33(28-29-23-18-17-19-24-29)30-25-21-22-26-31(30)34(32)38(35,36)37;/h17-19,21-26,32H,2-16,20,27-28H2,1H3,(H,35,36,37);/q;+1/p-1. The number of benzene rings is 2. The van der Waals surface area contributed by atoms with Gasteiger partial charge in [0, 0.05) is 6.54 Å². The molecule has 5 nitrogen and oxygen atoms in total. The van der Waals surface area contributed by atoms with E-state index in [0.29, 0.717) is 18.7 Å². The van der Waals surface area contributed by atoms with Gasteiger partial charge in [-0.2, -0.15) is 0 Å². The Hall–Kier alpha value is -1.05. The van der Waals surface area contributed by atoms with Crippen LogP contribution in [0.4, 0.5) is 11.4 Å². The van der Waals surface area contributed by atoms with Crippen LogP contribution in [0.5, 0.6) is 0 Å². The fourth-order valence-electron chi connectivity index (χ4n) is 5.73. The number of unbranched alkanes of at least 4 members (excludes halogenated alkanes) is 15. The summed E-state index contributed by atoms with van der Waals surface area (Å²) in [6.07, 6.45) is 21.0. The summed E-state index contributed by atoms with van der Waals surface area (Å²) in [5.74, 6) is 0. The van der Waals surface area contributed by atoms with Crippen molar-refractivity contribution < 1.29 is 42.5 Å². The Bertz CT molecular complexity index is 1020. The normalized spacial score (nSPS) is 14.9. The minimum absolute atomic E-state index is 0. The molecule has 1 heterocycles. The van der Waals surface area contributed by atoms with Crippen LogP contribution in [0.15, 0.2) is 54.6 Å². The minimum atomic E-state index is -4.62. The van der Waals surface area contributed by atoms with Gasteiger partial charge in [0.2, 0.25) is 0 Å². The molecule has 0 N–H and O–H groups in total. The van der Waals surface area contributed by atoms with Gasteiger partial charge in [-0.3, -0.25) is 4.31 Å². The average molecular weight is 565 g/mol. The van der Waals surface area contributed by atoms with E-state index >= 15 is 0 Å². The maximum Gasteiger partial charge on any atom is 1.00 e. The summed E-state index contributed by atoms with van der Waals surface area (Å²) in [5.41, 5.74) is 2.42. The van der Waals surface area contributed by atoms with Gasteiger partial charge in [-0.1, -0.05) is 146 Å². The van der Waals surface area contributed by atoms with E-state index in [1.165, 1.54) is 89.9 Å². The van der Waals surface area contributed by atoms with Crippen LogP contribution in [-0.4, -0.2) is 19.1 Å². The largest absolute Gasteiger partial charge is 1.00 e. The molecule has 0 fully saturated rings. The summed E-state index contributed by atoms with van der Waals surface area (Å²) in [4.78, 5) is 2.09. The molecular formula is C32H49N2NaO3S. The van der Waals surface area contributed by atoms with Crippen molar-refractivity contribution in [1.82, 2.24) is 0 Å². The molecule has 1 atom stereocenters. The van der Waals surface area contributed by atoms with E-state index in [1.54, 1.807) is 12.1 Å². The molecule has 1 unspecified atom stereocenters. The van der Waals surface area contributed by atoms with Crippen LogP contribution in [0.1, 0.15) is 122 Å². The van der Waals surface area contributed by atoms with Gasteiger partial charge in [0.15, 0.2) is 10.3 Å². The fourth-order valence-corrected chi connectivity index (χ4v) is 6.64. The molecule has 39 heavy (non-hydrogen) atoms. The van der Waals surface area contributed by atoms with Crippen LogP contribution < -0.4 is 38.8 Å². The zero-order valence-corrected chi connectivity index (χ0v) is 27.3. The van der Waals surface area contributed by atoms with Gasteiger partial charge in [0.1, 0.15) is 6.17 Å². The van der Waals surface area contributed by atoms with Crippen molar-refractivity contribution in [2.24, 2.45) is 0 Å². The Kier molecular flexibility index (Phi) is 16.8. The Labute approximate surface area is 260 Å². The number of hydrogen-bond donors (Lipinski definition) is 0. The summed E-state index contributed by atoms with van der Waals surface area (Å²) >= 11 is 0. The maximum atomic E-state index is 12.3. The number of hydrogen-bond acceptors (Lipinski definition) is 4. The Balaban J connectivity index is 0.00000533. The van der Waals surface area contributed by atoms with Crippen molar-refractivity contribution in [3.05, 3.63) is 60.2 Å². The zero-order valence-electron chi connectivity index (χ0n) is 24.5. The first-order chi connectivity index (χ1) is 18.5. The first-order valence-electron chi connectivity index (χ1n) is 15.2. The molecule has 0 saturated carbocycles. The predicted octanol–water partition coefficient (Wildman–Crippen LogP) is 5.96. The van der Waals surface area contributed by atoms with Crippen molar-refractivity contribution in [3.63, 3.8) is 0 Å². The van der Waals surface area contributed by atoms with Crippen LogP contribution in [0.3, 0.4) is 0 Å². The molecule has 3 rings (SSSR count). The third kappa shape index (κ3) is 11.8. The fraction of sp³-hybridized carbons (Fsp3) is 0.625. The third-order valence-corrected chi connectivity index (χ3v) is 8.73. The van der Waals surface area contributed by atoms with E-state index in [-0.39, 0.29) is 29.6 Å². The van der Waals surface area contributed by atoms with Crippen LogP contribution >= 0.6 is 0 Å². The van der Waals surface area contributed by atoms with Gasteiger partial charge in [-0.25, -0.2) is 8.42 Å². The number of para-hydroxylation sites is 2. The molecule has 1 aliphatic heterocycles. The Morgan fingerprint density at radius 3 is 1.56 bits per heavy atom. The number of rotatable bonds is 20. The third-order valence-electron chi connectivity index (χ3n) is 7.81. The summed E-state index contributed by atoms with van der Waals surface area (Å²) in [5, 5.41) is 0. The minimum Gasteiger partial charge on any atom is -0.731 e. The number of nitrogens with zero attached hydrogens (tertiary/aromatic N) is 2. The molecule has 0 bridgehead atoms. The Morgan fingerprint density at radius 2 is 1.08 bits per heavy atom. The molecular weight excluding hydrogens is 515 g/mol. The van der Waals surface area contributed by atoms with Crippen LogP contribution in [0.2, 0.25) is 0 Å². The molecule has 0 spiro atoms. The molecule has 0 aromatic heterocycles. The SMILES string of the molecule is CCCCCCCCCCCCCCCCCCC1N(Cc2ccccc2)c2ccccc2N1S(=O)(=O)[O-].[Na+]. The first-order valence-corrected chi connectivity index (χ1v) is 16.5. The van der Waals surface area contributed by atoms with E-state index < -0.39 is 16.5 Å². The van der Waals surface area contributed by atoms with E-state index in [9.17, 15) is 13.0 Å². The predicted molar refractivity (Wildman–Crippen MR) is 159 cm³/mol. The van der Waals surface area contributed by atoms with Gasteiger partial charge in [-0.05, 0) is 30.5 Å². The molecule has 0 amide bonds. The molecule has 0 aliphatic carbocycles. The van der Waals surface area contributed by atoms with Crippen molar-refractivity contribution in [2.45, 2.75) is 129 Å². The summed E-state index contributed by atoms with van der Waals surface area (Å²) < 4.78 is 38.1. The molecule has 7 heteroatoms. The number of anilines is 2. The average Bonchev–Trinajstić information content (AvgIpc) is 3.22. The molecule has 0 radical (unpaired) electrons. The first kappa shape index (κ1) is 34.2. The summed E-state index contributed by atoms with van der Waals surface area (Å²) in [7, 11) is -4.62. The van der Waals surface area contributed by atoms with Crippen LogP contribution in [-0.2, 0) is 16.8 Å². The van der Waals surface area contributed by atoms with Gasteiger partial charge in [-0.15, -0.1) is 0 Å². The summed E-state index contributed by atoms with van der Waals surface area (Å²) in [6, 6.07) is 17.4. The van der Waals surface area contributed by atoms with Crippen LogP contribution in [0.25, 0.3) is 0 Å². The van der Waals surface area contributed by atoms with Crippen molar-refractivity contribution in [1.29, 1.82) is 0 Å². The van der Waals surface area contributed by atoms with E-state index in [4.69, 9.17) is 0 Å². The monoisotopic (exact) mass is 564 g/mol. The molecule has 1 aliphatic rings. The second-order valence-corrected chi connectivity index (χ2v) is 12.2. The second-order valence-electron chi connectivity index (χ2n) is 10.9. The van der Waals surface area contributed by atoms with E-state index in [0.717, 1.165) is 28.4 Å². The van der Waals surface area contributed by atoms with Crippen molar-refractivity contribution in [3.8, 4) is 0 Å². The number of fused-ring (bicyclic) bond motifs is 1. The topological polar surface area (TPSA) is 63.7 Å². The van der Waals surface area contributed by atoms with Gasteiger partial charge in [0.05, 0.1) is 11.4 Å².